The van der Waals surface area contributed by atoms with Crippen LogP contribution in [0, 0.1) is 19.8 Å². The number of carbonyl (C=O) groups is 1. The van der Waals surface area contributed by atoms with Gasteiger partial charge in [-0.15, -0.1) is 0 Å². The summed E-state index contributed by atoms with van der Waals surface area (Å²) in [6.45, 7) is 8.52. The molecule has 2 fully saturated rings. The van der Waals surface area contributed by atoms with Crippen LogP contribution in [0.4, 0.5) is 0 Å². The van der Waals surface area contributed by atoms with E-state index in [4.69, 9.17) is 9.26 Å². The van der Waals surface area contributed by atoms with Crippen LogP contribution in [0.3, 0.4) is 0 Å². The number of ether oxygens (including phenoxy) is 1. The van der Waals surface area contributed by atoms with Crippen molar-refractivity contribution in [2.24, 2.45) is 5.92 Å². The lowest BCUT2D eigenvalue weighted by Crippen LogP contribution is -2.49. The number of nitrogens with one attached hydrogen (secondary N) is 1. The summed E-state index contributed by atoms with van der Waals surface area (Å²) < 4.78 is 11.6. The van der Waals surface area contributed by atoms with Gasteiger partial charge >= 0.3 is 0 Å². The zero-order valence-electron chi connectivity index (χ0n) is 18.0. The van der Waals surface area contributed by atoms with Gasteiger partial charge in [0.2, 0.25) is 0 Å². The number of rotatable bonds is 6. The molecule has 2 aromatic rings. The average Bonchev–Trinajstić information content (AvgIpc) is 3.08. The Kier molecular flexibility index (Phi) is 6.49. The van der Waals surface area contributed by atoms with Crippen molar-refractivity contribution in [3.63, 3.8) is 0 Å². The molecular formula is C23H32N4O3. The van der Waals surface area contributed by atoms with E-state index < -0.39 is 0 Å². The number of nitrogens with zero attached hydrogens (tertiary/aromatic N) is 3. The molecule has 162 valence electrons. The van der Waals surface area contributed by atoms with Crippen molar-refractivity contribution in [2.75, 3.05) is 26.2 Å². The molecule has 0 bridgehead atoms. The number of aryl methyl sites for hydroxylation is 2. The van der Waals surface area contributed by atoms with E-state index >= 15 is 0 Å². The molecule has 7 heteroatoms. The molecule has 1 N–H and O–H groups in total. The number of amides is 1. The van der Waals surface area contributed by atoms with E-state index in [2.05, 4.69) is 20.4 Å². The van der Waals surface area contributed by atoms with Gasteiger partial charge in [-0.2, -0.15) is 0 Å². The molecule has 2 saturated heterocycles. The molecule has 4 rings (SSSR count). The maximum atomic E-state index is 12.2. The van der Waals surface area contributed by atoms with Crippen LogP contribution >= 0.6 is 0 Å². The summed E-state index contributed by atoms with van der Waals surface area (Å²) in [4.78, 5) is 18.7. The minimum absolute atomic E-state index is 0.00720. The second-order valence-corrected chi connectivity index (χ2v) is 8.75. The summed E-state index contributed by atoms with van der Waals surface area (Å²) in [5.74, 6) is 1.51. The maximum absolute atomic E-state index is 12.2. The number of hydrogen-bond acceptors (Lipinski definition) is 6. The van der Waals surface area contributed by atoms with Gasteiger partial charge in [-0.3, -0.25) is 14.7 Å². The molecule has 0 aliphatic carbocycles. The third-order valence-corrected chi connectivity index (χ3v) is 6.71. The maximum Gasteiger partial charge on any atom is 0.251 e. The number of carbonyl (C=O) groups excluding carboxylic acids is 1. The molecule has 0 aromatic carbocycles. The van der Waals surface area contributed by atoms with E-state index in [1.807, 2.05) is 13.8 Å². The lowest BCUT2D eigenvalue weighted by Gasteiger charge is -2.46. The second-order valence-electron chi connectivity index (χ2n) is 8.75. The first kappa shape index (κ1) is 21.0. The van der Waals surface area contributed by atoms with E-state index in [-0.39, 0.29) is 11.5 Å². The summed E-state index contributed by atoms with van der Waals surface area (Å²) in [6, 6.07) is 3.49. The summed E-state index contributed by atoms with van der Waals surface area (Å²) in [7, 11) is 0. The van der Waals surface area contributed by atoms with Gasteiger partial charge in [0.05, 0.1) is 11.3 Å². The van der Waals surface area contributed by atoms with E-state index in [0.717, 1.165) is 69.8 Å². The highest BCUT2D eigenvalue weighted by Crippen LogP contribution is 2.39. The monoisotopic (exact) mass is 412 g/mol. The predicted molar refractivity (Wildman–Crippen MR) is 113 cm³/mol. The van der Waals surface area contributed by atoms with Crippen molar-refractivity contribution in [3.05, 3.63) is 47.1 Å². The molecule has 2 aliphatic rings. The van der Waals surface area contributed by atoms with Crippen molar-refractivity contribution >= 4 is 5.91 Å². The summed E-state index contributed by atoms with van der Waals surface area (Å²) >= 11 is 0. The number of pyridine rings is 1. The van der Waals surface area contributed by atoms with E-state index in [0.29, 0.717) is 18.0 Å². The molecule has 2 aliphatic heterocycles. The Bertz CT molecular complexity index is 824. The van der Waals surface area contributed by atoms with Crippen LogP contribution in [0.2, 0.25) is 0 Å². The fourth-order valence-corrected chi connectivity index (χ4v) is 4.79. The molecule has 4 heterocycles. The van der Waals surface area contributed by atoms with E-state index in [1.54, 1.807) is 24.5 Å². The second kappa shape index (κ2) is 9.27. The van der Waals surface area contributed by atoms with Crippen LogP contribution in [0.1, 0.15) is 59.5 Å². The highest BCUT2D eigenvalue weighted by molar-refractivity contribution is 5.93. The van der Waals surface area contributed by atoms with Crippen LogP contribution < -0.4 is 5.32 Å². The van der Waals surface area contributed by atoms with Gasteiger partial charge < -0.3 is 14.6 Å². The van der Waals surface area contributed by atoms with Gasteiger partial charge in [-0.05, 0) is 64.0 Å². The Morgan fingerprint density at radius 3 is 2.73 bits per heavy atom. The molecule has 1 atom stereocenters. The molecular weight excluding hydrogens is 380 g/mol. The molecule has 1 amide bonds. The summed E-state index contributed by atoms with van der Waals surface area (Å²) in [6.07, 6.45) is 8.61. The fourth-order valence-electron chi connectivity index (χ4n) is 4.79. The van der Waals surface area contributed by atoms with Crippen molar-refractivity contribution in [1.82, 2.24) is 20.4 Å². The lowest BCUT2D eigenvalue weighted by atomic mass is 9.78. The van der Waals surface area contributed by atoms with Crippen LogP contribution in [0.15, 0.2) is 29.0 Å². The van der Waals surface area contributed by atoms with E-state index in [1.165, 1.54) is 5.56 Å². The lowest BCUT2D eigenvalue weighted by molar-refractivity contribution is -0.128. The van der Waals surface area contributed by atoms with Crippen LogP contribution in [-0.4, -0.2) is 52.8 Å². The highest BCUT2D eigenvalue weighted by atomic mass is 16.5. The average molecular weight is 413 g/mol. The van der Waals surface area contributed by atoms with E-state index in [9.17, 15) is 4.79 Å². The Morgan fingerprint density at radius 1 is 1.27 bits per heavy atom. The third-order valence-electron chi connectivity index (χ3n) is 6.71. The van der Waals surface area contributed by atoms with Gasteiger partial charge in [0.1, 0.15) is 5.76 Å². The number of aromatic nitrogens is 2. The van der Waals surface area contributed by atoms with Gasteiger partial charge in [0, 0.05) is 56.3 Å². The molecule has 1 spiro atoms. The van der Waals surface area contributed by atoms with Gasteiger partial charge in [-0.25, -0.2) is 0 Å². The van der Waals surface area contributed by atoms with Crippen molar-refractivity contribution in [2.45, 2.75) is 58.1 Å². The van der Waals surface area contributed by atoms with Crippen molar-refractivity contribution < 1.29 is 14.1 Å². The SMILES string of the molecule is Cc1noc(C)c1CN1CCC2(CC1)CC(CCNC(=O)c1ccncc1)CCO2. The number of piperidine rings is 1. The first-order valence-electron chi connectivity index (χ1n) is 11.0. The zero-order valence-corrected chi connectivity index (χ0v) is 18.0. The van der Waals surface area contributed by atoms with Crippen LogP contribution in [0.5, 0.6) is 0 Å². The largest absolute Gasteiger partial charge is 0.375 e. The smallest absolute Gasteiger partial charge is 0.251 e. The normalized spacial score (nSPS) is 21.6. The Labute approximate surface area is 178 Å². The molecule has 30 heavy (non-hydrogen) atoms. The fraction of sp³-hybridized carbons (Fsp3) is 0.609. The van der Waals surface area contributed by atoms with Crippen LogP contribution in [-0.2, 0) is 11.3 Å². The molecule has 0 radical (unpaired) electrons. The zero-order chi connectivity index (χ0) is 21.0. The van der Waals surface area contributed by atoms with Gasteiger partial charge in [0.15, 0.2) is 0 Å². The van der Waals surface area contributed by atoms with Crippen molar-refractivity contribution in [1.29, 1.82) is 0 Å². The summed E-state index contributed by atoms with van der Waals surface area (Å²) in [5.41, 5.74) is 2.89. The molecule has 2 aromatic heterocycles. The Hall–Kier alpha value is -2.25. The quantitative estimate of drug-likeness (QED) is 0.784. The van der Waals surface area contributed by atoms with Gasteiger partial charge in [0.25, 0.3) is 5.91 Å². The van der Waals surface area contributed by atoms with Crippen molar-refractivity contribution in [3.8, 4) is 0 Å². The number of hydrogen-bond donors (Lipinski definition) is 1. The topological polar surface area (TPSA) is 80.5 Å². The predicted octanol–water partition coefficient (Wildman–Crippen LogP) is 3.27. The molecule has 0 saturated carbocycles. The van der Waals surface area contributed by atoms with Gasteiger partial charge in [-0.1, -0.05) is 5.16 Å². The standard InChI is InChI=1S/C23H32N4O3/c1-17-21(18(2)30-26-17)16-27-12-7-23(8-13-27)15-19(6-14-29-23)3-11-25-22(28)20-4-9-24-10-5-20/h4-5,9-10,19H,3,6-8,11-16H2,1-2H3,(H,25,28). The van der Waals surface area contributed by atoms with Crippen LogP contribution in [0.25, 0.3) is 0 Å². The summed E-state index contributed by atoms with van der Waals surface area (Å²) in [5, 5.41) is 7.13. The Balaban J connectivity index is 1.23. The first-order chi connectivity index (χ1) is 14.5. The molecule has 7 nitrogen and oxygen atoms in total. The molecule has 1 unspecified atom stereocenters. The Morgan fingerprint density at radius 2 is 2.03 bits per heavy atom. The minimum atomic E-state index is -0.0215. The third kappa shape index (κ3) is 4.90. The highest BCUT2D eigenvalue weighted by Gasteiger charge is 2.40. The first-order valence-corrected chi connectivity index (χ1v) is 11.0. The minimum Gasteiger partial charge on any atom is -0.375 e. The number of likely N-dealkylation sites (tertiary alicyclic amines) is 1.